The average Bonchev–Trinajstić information content (AvgIpc) is 2.91. The molecular weight excluding hydrogens is 350 g/mol. The summed E-state index contributed by atoms with van der Waals surface area (Å²) in [6.07, 6.45) is 8.43. The molecule has 3 rings (SSSR count). The monoisotopic (exact) mass is 364 g/mol. The third-order valence-corrected chi connectivity index (χ3v) is 3.20. The van der Waals surface area contributed by atoms with Gasteiger partial charge in [0.25, 0.3) is 0 Å². The molecule has 6 nitrogen and oxygen atoms in total. The number of hydrogen-bond acceptors (Lipinski definition) is 5. The smallest absolute Gasteiger partial charge is 0.652 e. The largest absolute Gasteiger partial charge is 1.00 e. The molecule has 110 valence electrons. The zero-order valence-electron chi connectivity index (χ0n) is 13.3. The number of carbonyl (C=O) groups is 1. The van der Waals surface area contributed by atoms with E-state index in [9.17, 15) is 0 Å². The maximum atomic E-state index is 8.33. The molecule has 0 saturated carbocycles. The van der Waals surface area contributed by atoms with Gasteiger partial charge in [0.15, 0.2) is 6.23 Å². The number of benzene rings is 1. The van der Waals surface area contributed by atoms with E-state index in [1.165, 1.54) is 6.42 Å². The standard InChI is InChI=1S/C14H14N2O.CH2O3.2K/c1-2-11-6-5-7-12-10-15-16(14(11)12)13-8-3-4-9-17-13;2-1(3)4;;/h1,5-7,10,13H,3-4,8-9H2;(H2,2,3,4);;/q;;2*+1/p-2. The topological polar surface area (TPSA) is 90.2 Å². The first kappa shape index (κ1) is 23.8. The molecule has 0 spiro atoms. The summed E-state index contributed by atoms with van der Waals surface area (Å²) >= 11 is 0. The van der Waals surface area contributed by atoms with Gasteiger partial charge in [0, 0.05) is 12.0 Å². The van der Waals surface area contributed by atoms with E-state index < -0.39 is 6.16 Å². The van der Waals surface area contributed by atoms with Gasteiger partial charge < -0.3 is 19.7 Å². The van der Waals surface area contributed by atoms with Crippen LogP contribution in [0.1, 0.15) is 31.1 Å². The van der Waals surface area contributed by atoms with E-state index in [1.54, 1.807) is 0 Å². The van der Waals surface area contributed by atoms with Crippen molar-refractivity contribution in [2.24, 2.45) is 0 Å². The molecule has 2 heterocycles. The molecule has 1 fully saturated rings. The second-order valence-corrected chi connectivity index (χ2v) is 4.55. The maximum absolute atomic E-state index is 8.33. The van der Waals surface area contributed by atoms with Crippen molar-refractivity contribution < 1.29 is 123 Å². The van der Waals surface area contributed by atoms with Crippen LogP contribution in [0.15, 0.2) is 24.4 Å². The summed E-state index contributed by atoms with van der Waals surface area (Å²) in [5, 5.41) is 22.2. The van der Waals surface area contributed by atoms with Gasteiger partial charge in [-0.15, -0.1) is 6.42 Å². The number of fused-ring (bicyclic) bond motifs is 1. The van der Waals surface area contributed by atoms with Gasteiger partial charge in [0.1, 0.15) is 0 Å². The van der Waals surface area contributed by atoms with Gasteiger partial charge in [-0.25, -0.2) is 4.68 Å². The van der Waals surface area contributed by atoms with E-state index in [1.807, 2.05) is 29.1 Å². The Balaban J connectivity index is 0.000000731. The number of hydrogen-bond donors (Lipinski definition) is 0. The van der Waals surface area contributed by atoms with Crippen LogP contribution in [-0.4, -0.2) is 22.5 Å². The van der Waals surface area contributed by atoms with Crippen LogP contribution in [0.2, 0.25) is 0 Å². The molecule has 1 aromatic heterocycles. The van der Waals surface area contributed by atoms with Gasteiger partial charge >= 0.3 is 103 Å². The molecule has 1 aliphatic rings. The van der Waals surface area contributed by atoms with Crippen molar-refractivity contribution in [3.05, 3.63) is 30.0 Å². The normalized spacial score (nSPS) is 16.0. The number of carbonyl (C=O) groups excluding carboxylic acids is 1. The Hall–Kier alpha value is 0.753. The molecule has 1 aromatic carbocycles. The van der Waals surface area contributed by atoms with Gasteiger partial charge in [-0.05, 0) is 31.5 Å². The summed E-state index contributed by atoms with van der Waals surface area (Å²) in [7, 11) is 0. The second-order valence-electron chi connectivity index (χ2n) is 4.55. The SMILES string of the molecule is C#Cc1cccc2cnn(C3CCCCO3)c12.O=C([O-])[O-].[K+].[K+]. The van der Waals surface area contributed by atoms with Crippen LogP contribution in [-0.2, 0) is 4.74 Å². The number of terminal acetylenes is 1. The summed E-state index contributed by atoms with van der Waals surface area (Å²) < 4.78 is 7.70. The van der Waals surface area contributed by atoms with Crippen LogP contribution in [0.3, 0.4) is 0 Å². The van der Waals surface area contributed by atoms with E-state index in [0.29, 0.717) is 0 Å². The van der Waals surface area contributed by atoms with Gasteiger partial charge in [-0.1, -0.05) is 18.1 Å². The van der Waals surface area contributed by atoms with Crippen LogP contribution in [0.4, 0.5) is 4.79 Å². The minimum absolute atomic E-state index is 0. The predicted molar refractivity (Wildman–Crippen MR) is 71.9 cm³/mol. The van der Waals surface area contributed by atoms with Gasteiger partial charge in [-0.2, -0.15) is 5.10 Å². The number of aromatic nitrogens is 2. The number of nitrogens with zero attached hydrogens (tertiary/aromatic N) is 2. The molecular formula is C15H14K2N2O4. The maximum Gasteiger partial charge on any atom is 1.00 e. The van der Waals surface area contributed by atoms with Crippen LogP contribution in [0, 0.1) is 12.3 Å². The Morgan fingerprint density at radius 3 is 2.61 bits per heavy atom. The Labute approximate surface area is 219 Å². The zero-order valence-corrected chi connectivity index (χ0v) is 19.6. The fraction of sp³-hybridized carbons (Fsp3) is 0.333. The molecule has 0 amide bonds. The van der Waals surface area contributed by atoms with Crippen molar-refractivity contribution in [1.82, 2.24) is 9.78 Å². The van der Waals surface area contributed by atoms with Crippen molar-refractivity contribution in [2.75, 3.05) is 6.61 Å². The molecule has 1 unspecified atom stereocenters. The summed E-state index contributed by atoms with van der Waals surface area (Å²) in [4.78, 5) is 8.33. The number of rotatable bonds is 1. The first-order valence-electron chi connectivity index (χ1n) is 6.56. The van der Waals surface area contributed by atoms with E-state index in [2.05, 4.69) is 11.0 Å². The summed E-state index contributed by atoms with van der Waals surface area (Å²) in [5.41, 5.74) is 1.90. The minimum Gasteiger partial charge on any atom is -0.652 e. The molecule has 1 atom stereocenters. The fourth-order valence-electron chi connectivity index (χ4n) is 2.35. The van der Waals surface area contributed by atoms with E-state index in [4.69, 9.17) is 26.2 Å². The van der Waals surface area contributed by atoms with Crippen LogP contribution >= 0.6 is 0 Å². The first-order chi connectivity index (χ1) is 10.1. The first-order valence-corrected chi connectivity index (χ1v) is 6.56. The van der Waals surface area contributed by atoms with E-state index in [0.717, 1.165) is 35.9 Å². The number of para-hydroxylation sites is 1. The molecule has 23 heavy (non-hydrogen) atoms. The van der Waals surface area contributed by atoms with Crippen molar-refractivity contribution in [1.29, 1.82) is 0 Å². The Morgan fingerprint density at radius 1 is 1.35 bits per heavy atom. The molecule has 0 bridgehead atoms. The summed E-state index contributed by atoms with van der Waals surface area (Å²) in [6, 6.07) is 5.94. The molecule has 1 aliphatic heterocycles. The summed E-state index contributed by atoms with van der Waals surface area (Å²) in [6.45, 7) is 0.810. The van der Waals surface area contributed by atoms with Gasteiger partial charge in [0.05, 0.1) is 17.3 Å². The molecule has 8 heteroatoms. The Morgan fingerprint density at radius 2 is 2.04 bits per heavy atom. The summed E-state index contributed by atoms with van der Waals surface area (Å²) in [5.74, 6) is 2.72. The predicted octanol–water partition coefficient (Wildman–Crippen LogP) is -5.72. The molecule has 0 N–H and O–H groups in total. The van der Waals surface area contributed by atoms with E-state index in [-0.39, 0.29) is 109 Å². The van der Waals surface area contributed by atoms with Crippen molar-refractivity contribution in [3.8, 4) is 12.3 Å². The minimum atomic E-state index is -2.33. The second kappa shape index (κ2) is 12.2. The van der Waals surface area contributed by atoms with Crippen LogP contribution in [0.5, 0.6) is 0 Å². The van der Waals surface area contributed by atoms with Crippen molar-refractivity contribution in [3.63, 3.8) is 0 Å². The number of carboxylic acid groups (broad SMARTS) is 2. The van der Waals surface area contributed by atoms with Gasteiger partial charge in [0.2, 0.25) is 0 Å². The van der Waals surface area contributed by atoms with Crippen molar-refractivity contribution in [2.45, 2.75) is 25.5 Å². The van der Waals surface area contributed by atoms with Crippen LogP contribution < -0.4 is 113 Å². The molecule has 0 aliphatic carbocycles. The Kier molecular flexibility index (Phi) is 12.6. The molecule has 1 saturated heterocycles. The molecule has 2 aromatic rings. The van der Waals surface area contributed by atoms with E-state index >= 15 is 0 Å². The van der Waals surface area contributed by atoms with Crippen LogP contribution in [0.25, 0.3) is 10.9 Å². The van der Waals surface area contributed by atoms with Gasteiger partial charge in [-0.3, -0.25) is 0 Å². The Bertz CT molecular complexity index is 672. The van der Waals surface area contributed by atoms with Crippen molar-refractivity contribution >= 4 is 17.1 Å². The fourth-order valence-corrected chi connectivity index (χ4v) is 2.35. The molecule has 0 radical (unpaired) electrons. The zero-order chi connectivity index (χ0) is 15.2. The quantitative estimate of drug-likeness (QED) is 0.372. The number of ether oxygens (including phenoxy) is 1. The average molecular weight is 364 g/mol. The third-order valence-electron chi connectivity index (χ3n) is 3.20. The third kappa shape index (κ3) is 6.88.